The van der Waals surface area contributed by atoms with Crippen LogP contribution in [0.2, 0.25) is 0 Å². The Morgan fingerprint density at radius 2 is 1.79 bits per heavy atom. The molecule has 1 aliphatic rings. The van der Waals surface area contributed by atoms with Gasteiger partial charge in [-0.05, 0) is 50.4 Å². The molecule has 0 bridgehead atoms. The molecule has 1 aromatic carbocycles. The van der Waals surface area contributed by atoms with E-state index in [2.05, 4.69) is 12.2 Å². The van der Waals surface area contributed by atoms with Gasteiger partial charge in [0.25, 0.3) is 0 Å². The van der Waals surface area contributed by atoms with Gasteiger partial charge in [0.05, 0.1) is 13.2 Å². The van der Waals surface area contributed by atoms with Crippen molar-refractivity contribution in [2.45, 2.75) is 32.6 Å². The van der Waals surface area contributed by atoms with Crippen LogP contribution in [0.1, 0.15) is 32.6 Å². The van der Waals surface area contributed by atoms with Crippen molar-refractivity contribution in [1.82, 2.24) is 5.32 Å². The molecule has 0 aromatic heterocycles. The predicted octanol–water partition coefficient (Wildman–Crippen LogP) is 3.24. The Labute approximate surface area is 116 Å². The average molecular weight is 263 g/mol. The van der Waals surface area contributed by atoms with Crippen molar-refractivity contribution < 1.29 is 9.47 Å². The van der Waals surface area contributed by atoms with Gasteiger partial charge in [-0.1, -0.05) is 25.5 Å². The maximum Gasteiger partial charge on any atom is 0.161 e. The van der Waals surface area contributed by atoms with Crippen molar-refractivity contribution in [2.24, 2.45) is 5.92 Å². The number of benzene rings is 1. The zero-order valence-corrected chi connectivity index (χ0v) is 11.9. The van der Waals surface area contributed by atoms with Crippen molar-refractivity contribution in [1.29, 1.82) is 0 Å². The Morgan fingerprint density at radius 1 is 1.11 bits per heavy atom. The molecule has 0 atom stereocenters. The molecule has 1 aliphatic heterocycles. The minimum atomic E-state index is 0.671. The van der Waals surface area contributed by atoms with Gasteiger partial charge in [0.1, 0.15) is 0 Å². The van der Waals surface area contributed by atoms with Crippen LogP contribution in [-0.2, 0) is 0 Å². The summed E-state index contributed by atoms with van der Waals surface area (Å²) < 4.78 is 11.7. The molecule has 1 fully saturated rings. The molecule has 0 unspecified atom stereocenters. The van der Waals surface area contributed by atoms with Crippen molar-refractivity contribution >= 4 is 0 Å². The normalized spacial score (nSPS) is 16.3. The van der Waals surface area contributed by atoms with Crippen LogP contribution in [0.3, 0.4) is 0 Å². The van der Waals surface area contributed by atoms with E-state index in [9.17, 15) is 0 Å². The summed E-state index contributed by atoms with van der Waals surface area (Å²) in [4.78, 5) is 0. The summed E-state index contributed by atoms with van der Waals surface area (Å²) in [6, 6.07) is 8.00. The summed E-state index contributed by atoms with van der Waals surface area (Å²) in [5, 5.41) is 3.38. The minimum Gasteiger partial charge on any atom is -0.490 e. The quantitative estimate of drug-likeness (QED) is 0.766. The second kappa shape index (κ2) is 8.05. The molecule has 2 rings (SSSR count). The number of hydrogen-bond donors (Lipinski definition) is 1. The van der Waals surface area contributed by atoms with Gasteiger partial charge in [-0.3, -0.25) is 0 Å². The first-order valence-corrected chi connectivity index (χ1v) is 7.45. The smallest absolute Gasteiger partial charge is 0.161 e. The molecular formula is C16H25NO2. The SMILES string of the molecule is CCCCOc1ccccc1OCC1CCNCC1. The van der Waals surface area contributed by atoms with Crippen LogP contribution in [0.15, 0.2) is 24.3 Å². The first kappa shape index (κ1) is 14.2. The second-order valence-electron chi connectivity index (χ2n) is 5.15. The molecule has 106 valence electrons. The summed E-state index contributed by atoms with van der Waals surface area (Å²) >= 11 is 0. The van der Waals surface area contributed by atoms with E-state index in [-0.39, 0.29) is 0 Å². The minimum absolute atomic E-state index is 0.671. The molecule has 0 amide bonds. The maximum absolute atomic E-state index is 5.95. The van der Waals surface area contributed by atoms with Crippen LogP contribution in [0.5, 0.6) is 11.5 Å². The number of unbranched alkanes of at least 4 members (excludes halogenated alkanes) is 1. The first-order valence-electron chi connectivity index (χ1n) is 7.45. The Morgan fingerprint density at radius 3 is 2.47 bits per heavy atom. The van der Waals surface area contributed by atoms with Crippen molar-refractivity contribution in [3.05, 3.63) is 24.3 Å². The molecule has 1 aromatic rings. The van der Waals surface area contributed by atoms with Gasteiger partial charge in [0.15, 0.2) is 11.5 Å². The summed E-state index contributed by atoms with van der Waals surface area (Å²) in [5.41, 5.74) is 0. The lowest BCUT2D eigenvalue weighted by atomic mass is 9.99. The molecule has 3 nitrogen and oxygen atoms in total. The highest BCUT2D eigenvalue weighted by atomic mass is 16.5. The molecule has 1 heterocycles. The maximum atomic E-state index is 5.95. The summed E-state index contributed by atoms with van der Waals surface area (Å²) in [5.74, 6) is 2.44. The molecule has 0 aliphatic carbocycles. The molecule has 0 saturated carbocycles. The Balaban J connectivity index is 1.84. The van der Waals surface area contributed by atoms with Crippen LogP contribution in [0.4, 0.5) is 0 Å². The highest BCUT2D eigenvalue weighted by molar-refractivity contribution is 5.39. The lowest BCUT2D eigenvalue weighted by Gasteiger charge is -2.23. The van der Waals surface area contributed by atoms with Gasteiger partial charge >= 0.3 is 0 Å². The standard InChI is InChI=1S/C16H25NO2/c1-2-3-12-18-15-6-4-5-7-16(15)19-13-14-8-10-17-11-9-14/h4-7,14,17H,2-3,8-13H2,1H3. The van der Waals surface area contributed by atoms with Gasteiger partial charge in [-0.2, -0.15) is 0 Å². The lowest BCUT2D eigenvalue weighted by Crippen LogP contribution is -2.30. The number of ether oxygens (including phenoxy) is 2. The average Bonchev–Trinajstić information content (AvgIpc) is 2.48. The van der Waals surface area contributed by atoms with Gasteiger partial charge in [-0.15, -0.1) is 0 Å². The lowest BCUT2D eigenvalue weighted by molar-refractivity contribution is 0.203. The van der Waals surface area contributed by atoms with Crippen LogP contribution in [0.25, 0.3) is 0 Å². The van der Waals surface area contributed by atoms with E-state index in [0.29, 0.717) is 5.92 Å². The fourth-order valence-corrected chi connectivity index (χ4v) is 2.27. The molecule has 0 radical (unpaired) electrons. The summed E-state index contributed by atoms with van der Waals surface area (Å²) in [6.45, 7) is 5.97. The van der Waals surface area contributed by atoms with Gasteiger partial charge in [0, 0.05) is 0 Å². The van der Waals surface area contributed by atoms with E-state index in [0.717, 1.165) is 50.6 Å². The van der Waals surface area contributed by atoms with Crippen molar-refractivity contribution in [2.75, 3.05) is 26.3 Å². The molecule has 1 saturated heterocycles. The van der Waals surface area contributed by atoms with Crippen molar-refractivity contribution in [3.8, 4) is 11.5 Å². The zero-order chi connectivity index (χ0) is 13.3. The van der Waals surface area contributed by atoms with E-state index in [1.54, 1.807) is 0 Å². The van der Waals surface area contributed by atoms with E-state index < -0.39 is 0 Å². The van der Waals surface area contributed by atoms with E-state index in [1.165, 1.54) is 12.8 Å². The van der Waals surface area contributed by atoms with E-state index in [4.69, 9.17) is 9.47 Å². The van der Waals surface area contributed by atoms with Crippen LogP contribution >= 0.6 is 0 Å². The van der Waals surface area contributed by atoms with Crippen LogP contribution < -0.4 is 14.8 Å². The highest BCUT2D eigenvalue weighted by Crippen LogP contribution is 2.27. The van der Waals surface area contributed by atoms with Crippen molar-refractivity contribution in [3.63, 3.8) is 0 Å². The number of nitrogens with one attached hydrogen (secondary N) is 1. The largest absolute Gasteiger partial charge is 0.490 e. The fourth-order valence-electron chi connectivity index (χ4n) is 2.27. The van der Waals surface area contributed by atoms with Crippen LogP contribution in [0, 0.1) is 5.92 Å². The highest BCUT2D eigenvalue weighted by Gasteiger charge is 2.14. The Hall–Kier alpha value is -1.22. The second-order valence-corrected chi connectivity index (χ2v) is 5.15. The molecule has 1 N–H and O–H groups in total. The Kier molecular flexibility index (Phi) is 6.02. The Bertz CT molecular complexity index is 362. The number of piperidine rings is 1. The number of hydrogen-bond acceptors (Lipinski definition) is 3. The molecular weight excluding hydrogens is 238 g/mol. The number of rotatable bonds is 7. The van der Waals surface area contributed by atoms with Crippen LogP contribution in [-0.4, -0.2) is 26.3 Å². The van der Waals surface area contributed by atoms with E-state index >= 15 is 0 Å². The fraction of sp³-hybridized carbons (Fsp3) is 0.625. The number of para-hydroxylation sites is 2. The third-order valence-electron chi connectivity index (χ3n) is 3.54. The van der Waals surface area contributed by atoms with Gasteiger partial charge in [0.2, 0.25) is 0 Å². The summed E-state index contributed by atoms with van der Waals surface area (Å²) in [6.07, 6.45) is 4.65. The summed E-state index contributed by atoms with van der Waals surface area (Å²) in [7, 11) is 0. The molecule has 0 spiro atoms. The monoisotopic (exact) mass is 263 g/mol. The first-order chi connectivity index (χ1) is 9.40. The third-order valence-corrected chi connectivity index (χ3v) is 3.54. The predicted molar refractivity (Wildman–Crippen MR) is 77.9 cm³/mol. The zero-order valence-electron chi connectivity index (χ0n) is 11.9. The van der Waals surface area contributed by atoms with E-state index in [1.807, 2.05) is 24.3 Å². The molecule has 19 heavy (non-hydrogen) atoms. The van der Waals surface area contributed by atoms with Gasteiger partial charge in [-0.25, -0.2) is 0 Å². The topological polar surface area (TPSA) is 30.5 Å². The van der Waals surface area contributed by atoms with Gasteiger partial charge < -0.3 is 14.8 Å². The molecule has 3 heteroatoms. The third kappa shape index (κ3) is 4.75.